The molecule has 4 heteroatoms. The van der Waals surface area contributed by atoms with E-state index in [-0.39, 0.29) is 0 Å². The second-order valence-corrected chi connectivity index (χ2v) is 6.28. The summed E-state index contributed by atoms with van der Waals surface area (Å²) in [6, 6.07) is 0. The predicted molar refractivity (Wildman–Crippen MR) is 74.4 cm³/mol. The average Bonchev–Trinajstić information content (AvgIpc) is 2.77. The van der Waals surface area contributed by atoms with Gasteiger partial charge in [0, 0.05) is 37.1 Å². The Morgan fingerprint density at radius 2 is 2.17 bits per heavy atom. The minimum absolute atomic E-state index is 0.362. The first kappa shape index (κ1) is 13.3. The highest BCUT2D eigenvalue weighted by Gasteiger charge is 2.32. The van der Waals surface area contributed by atoms with E-state index in [0.717, 1.165) is 36.2 Å². The summed E-state index contributed by atoms with van der Waals surface area (Å²) in [4.78, 5) is 11.3. The maximum atomic E-state index is 5.64. The zero-order chi connectivity index (χ0) is 13.3. The second kappa shape index (κ2) is 4.84. The molecule has 0 bridgehead atoms. The maximum absolute atomic E-state index is 5.64. The van der Waals surface area contributed by atoms with E-state index in [1.807, 2.05) is 13.1 Å². The van der Waals surface area contributed by atoms with Gasteiger partial charge in [-0.2, -0.15) is 0 Å². The van der Waals surface area contributed by atoms with Crippen LogP contribution in [-0.2, 0) is 6.54 Å². The molecule has 1 aromatic heterocycles. The molecule has 4 nitrogen and oxygen atoms in total. The summed E-state index contributed by atoms with van der Waals surface area (Å²) in [6.45, 7) is 11.6. The number of nitrogens with two attached hydrogens (primary N) is 1. The molecule has 0 spiro atoms. The van der Waals surface area contributed by atoms with E-state index < -0.39 is 0 Å². The van der Waals surface area contributed by atoms with Crippen LogP contribution in [0, 0.1) is 18.3 Å². The third-order valence-electron chi connectivity index (χ3n) is 3.98. The monoisotopic (exact) mass is 248 g/mol. The average molecular weight is 248 g/mol. The Kier molecular flexibility index (Phi) is 3.57. The van der Waals surface area contributed by atoms with E-state index >= 15 is 0 Å². The SMILES string of the molecule is Cc1nc(N2CCC(C(C)(C)C)C2)ncc1CN. The van der Waals surface area contributed by atoms with Gasteiger partial charge in [0.25, 0.3) is 0 Å². The van der Waals surface area contributed by atoms with Gasteiger partial charge in [-0.15, -0.1) is 0 Å². The molecule has 0 aliphatic carbocycles. The van der Waals surface area contributed by atoms with Crippen LogP contribution in [0.2, 0.25) is 0 Å². The highest BCUT2D eigenvalue weighted by Crippen LogP contribution is 2.34. The summed E-state index contributed by atoms with van der Waals surface area (Å²) in [6.07, 6.45) is 3.09. The van der Waals surface area contributed by atoms with E-state index in [1.54, 1.807) is 0 Å². The number of hydrogen-bond acceptors (Lipinski definition) is 4. The van der Waals surface area contributed by atoms with Gasteiger partial charge >= 0.3 is 0 Å². The minimum Gasteiger partial charge on any atom is -0.341 e. The van der Waals surface area contributed by atoms with Gasteiger partial charge in [0.1, 0.15) is 0 Å². The molecule has 0 radical (unpaired) electrons. The van der Waals surface area contributed by atoms with Crippen molar-refractivity contribution in [2.45, 2.75) is 40.7 Å². The van der Waals surface area contributed by atoms with Crippen molar-refractivity contribution in [2.24, 2.45) is 17.1 Å². The highest BCUT2D eigenvalue weighted by atomic mass is 15.3. The first-order chi connectivity index (χ1) is 8.41. The normalized spacial score (nSPS) is 20.5. The topological polar surface area (TPSA) is 55.0 Å². The van der Waals surface area contributed by atoms with Crippen LogP contribution in [0.5, 0.6) is 0 Å². The molecule has 0 amide bonds. The molecule has 1 fully saturated rings. The first-order valence-electron chi connectivity index (χ1n) is 6.69. The number of rotatable bonds is 2. The molecule has 1 saturated heterocycles. The van der Waals surface area contributed by atoms with E-state index in [2.05, 4.69) is 35.6 Å². The summed E-state index contributed by atoms with van der Waals surface area (Å²) < 4.78 is 0. The van der Waals surface area contributed by atoms with E-state index in [0.29, 0.717) is 12.0 Å². The van der Waals surface area contributed by atoms with Crippen molar-refractivity contribution in [3.63, 3.8) is 0 Å². The van der Waals surface area contributed by atoms with Crippen LogP contribution < -0.4 is 10.6 Å². The lowest BCUT2D eigenvalue weighted by molar-refractivity contribution is 0.263. The number of aryl methyl sites for hydroxylation is 1. The summed E-state index contributed by atoms with van der Waals surface area (Å²) in [5.41, 5.74) is 8.04. The Hall–Kier alpha value is -1.16. The molecule has 0 aromatic carbocycles. The zero-order valence-electron chi connectivity index (χ0n) is 11.9. The van der Waals surface area contributed by atoms with Crippen molar-refractivity contribution in [1.29, 1.82) is 0 Å². The van der Waals surface area contributed by atoms with Gasteiger partial charge in [0.2, 0.25) is 5.95 Å². The van der Waals surface area contributed by atoms with Crippen molar-refractivity contribution in [1.82, 2.24) is 9.97 Å². The molecule has 1 atom stereocenters. The standard InChI is InChI=1S/C14H24N4/c1-10-11(7-15)8-16-13(17-10)18-6-5-12(9-18)14(2,3)4/h8,12H,5-7,9,15H2,1-4H3. The number of anilines is 1. The van der Waals surface area contributed by atoms with Crippen LogP contribution in [0.25, 0.3) is 0 Å². The molecule has 1 unspecified atom stereocenters. The summed E-state index contributed by atoms with van der Waals surface area (Å²) >= 11 is 0. The summed E-state index contributed by atoms with van der Waals surface area (Å²) in [5, 5.41) is 0. The van der Waals surface area contributed by atoms with Crippen molar-refractivity contribution in [3.8, 4) is 0 Å². The Morgan fingerprint density at radius 3 is 2.67 bits per heavy atom. The predicted octanol–water partition coefficient (Wildman–Crippen LogP) is 2.12. The van der Waals surface area contributed by atoms with Crippen LogP contribution in [0.1, 0.15) is 38.4 Å². The number of aromatic nitrogens is 2. The molecule has 1 aliphatic rings. The minimum atomic E-state index is 0.362. The molecule has 2 heterocycles. The van der Waals surface area contributed by atoms with E-state index in [4.69, 9.17) is 5.73 Å². The molecular weight excluding hydrogens is 224 g/mol. The van der Waals surface area contributed by atoms with Crippen LogP contribution in [0.4, 0.5) is 5.95 Å². The van der Waals surface area contributed by atoms with Crippen molar-refractivity contribution in [3.05, 3.63) is 17.5 Å². The number of hydrogen-bond donors (Lipinski definition) is 1. The molecule has 100 valence electrons. The molecule has 1 aromatic rings. The van der Waals surface area contributed by atoms with Crippen LogP contribution in [-0.4, -0.2) is 23.1 Å². The summed E-state index contributed by atoms with van der Waals surface area (Å²) in [5.74, 6) is 1.58. The Labute approximate surface area is 110 Å². The fourth-order valence-electron chi connectivity index (χ4n) is 2.48. The quantitative estimate of drug-likeness (QED) is 0.871. The molecule has 2 N–H and O–H groups in total. The Bertz CT molecular complexity index is 422. The fourth-order valence-corrected chi connectivity index (χ4v) is 2.48. The van der Waals surface area contributed by atoms with E-state index in [1.165, 1.54) is 6.42 Å². The van der Waals surface area contributed by atoms with Gasteiger partial charge in [-0.1, -0.05) is 20.8 Å². The lowest BCUT2D eigenvalue weighted by Crippen LogP contribution is -2.27. The molecular formula is C14H24N4. The molecule has 18 heavy (non-hydrogen) atoms. The fraction of sp³-hybridized carbons (Fsp3) is 0.714. The second-order valence-electron chi connectivity index (χ2n) is 6.28. The third-order valence-corrected chi connectivity index (χ3v) is 3.98. The van der Waals surface area contributed by atoms with Crippen LogP contribution in [0.3, 0.4) is 0 Å². The van der Waals surface area contributed by atoms with Crippen molar-refractivity contribution >= 4 is 5.95 Å². The van der Waals surface area contributed by atoms with Gasteiger partial charge in [-0.05, 0) is 24.7 Å². The Balaban J connectivity index is 2.12. The van der Waals surface area contributed by atoms with Crippen LogP contribution >= 0.6 is 0 Å². The van der Waals surface area contributed by atoms with Gasteiger partial charge < -0.3 is 10.6 Å². The van der Waals surface area contributed by atoms with Gasteiger partial charge in [-0.25, -0.2) is 9.97 Å². The van der Waals surface area contributed by atoms with Gasteiger partial charge in [0.05, 0.1) is 0 Å². The van der Waals surface area contributed by atoms with E-state index in [9.17, 15) is 0 Å². The molecule has 2 rings (SSSR count). The van der Waals surface area contributed by atoms with Gasteiger partial charge in [-0.3, -0.25) is 0 Å². The Morgan fingerprint density at radius 1 is 1.44 bits per heavy atom. The zero-order valence-corrected chi connectivity index (χ0v) is 11.9. The number of nitrogens with zero attached hydrogens (tertiary/aromatic N) is 3. The lowest BCUT2D eigenvalue weighted by atomic mass is 9.80. The summed E-state index contributed by atoms with van der Waals surface area (Å²) in [7, 11) is 0. The maximum Gasteiger partial charge on any atom is 0.225 e. The first-order valence-corrected chi connectivity index (χ1v) is 6.69. The molecule has 1 aliphatic heterocycles. The highest BCUT2D eigenvalue weighted by molar-refractivity contribution is 5.34. The van der Waals surface area contributed by atoms with Crippen molar-refractivity contribution in [2.75, 3.05) is 18.0 Å². The van der Waals surface area contributed by atoms with Crippen LogP contribution in [0.15, 0.2) is 6.20 Å². The smallest absolute Gasteiger partial charge is 0.225 e. The molecule has 0 saturated carbocycles. The lowest BCUT2D eigenvalue weighted by Gasteiger charge is -2.27. The van der Waals surface area contributed by atoms with Crippen molar-refractivity contribution < 1.29 is 0 Å². The third kappa shape index (κ3) is 2.64. The van der Waals surface area contributed by atoms with Gasteiger partial charge in [0.15, 0.2) is 0 Å². The largest absolute Gasteiger partial charge is 0.341 e.